The average Bonchev–Trinajstić information content (AvgIpc) is 3.14. The van der Waals surface area contributed by atoms with E-state index in [2.05, 4.69) is 19.0 Å². The summed E-state index contributed by atoms with van der Waals surface area (Å²) in [4.78, 5) is 16.9. The van der Waals surface area contributed by atoms with E-state index < -0.39 is 6.03 Å². The zero-order valence-corrected chi connectivity index (χ0v) is 12.6. The smallest absolute Gasteiger partial charge is 0.312 e. The molecule has 22 heavy (non-hydrogen) atoms. The van der Waals surface area contributed by atoms with Crippen LogP contribution in [-0.4, -0.2) is 38.9 Å². The Bertz CT molecular complexity index is 634. The summed E-state index contributed by atoms with van der Waals surface area (Å²) in [6.07, 6.45) is 4.27. The highest BCUT2D eigenvalue weighted by Gasteiger charge is 2.27. The summed E-state index contributed by atoms with van der Waals surface area (Å²) in [5.74, 6) is 1.23. The van der Waals surface area contributed by atoms with E-state index >= 15 is 0 Å². The minimum Gasteiger partial charge on any atom is -0.470 e. The van der Waals surface area contributed by atoms with Crippen LogP contribution in [0.2, 0.25) is 0 Å². The predicted octanol–water partition coefficient (Wildman–Crippen LogP) is 0.759. The van der Waals surface area contributed by atoms with Gasteiger partial charge in [-0.05, 0) is 24.1 Å². The van der Waals surface area contributed by atoms with Crippen LogP contribution in [0.15, 0.2) is 24.5 Å². The molecule has 2 amide bonds. The van der Waals surface area contributed by atoms with Gasteiger partial charge >= 0.3 is 6.03 Å². The molecular weight excluding hydrogens is 304 g/mol. The number of nitrogens with two attached hydrogens (primary N) is 1. The highest BCUT2D eigenvalue weighted by atomic mass is 32.1. The van der Waals surface area contributed by atoms with Crippen molar-refractivity contribution in [3.63, 3.8) is 0 Å². The lowest BCUT2D eigenvalue weighted by Gasteiger charge is -2.16. The number of hydrogen-bond acceptors (Lipinski definition) is 7. The minimum atomic E-state index is -0.502. The molecule has 2 aromatic rings. The van der Waals surface area contributed by atoms with Gasteiger partial charge in [0.1, 0.15) is 6.61 Å². The second-order valence-corrected chi connectivity index (χ2v) is 5.51. The summed E-state index contributed by atoms with van der Waals surface area (Å²) in [6.45, 7) is 1.85. The molecular formula is C13H16N6O2S. The molecule has 8 nitrogen and oxygen atoms in total. The summed E-state index contributed by atoms with van der Waals surface area (Å²) in [6, 6.07) is 3.31. The van der Waals surface area contributed by atoms with Crippen LogP contribution in [0.1, 0.15) is 12.0 Å². The molecule has 2 aromatic heterocycles. The van der Waals surface area contributed by atoms with Gasteiger partial charge in [0.25, 0.3) is 5.88 Å². The Morgan fingerprint density at radius 1 is 1.45 bits per heavy atom. The maximum Gasteiger partial charge on any atom is 0.312 e. The number of ether oxygens (including phenoxy) is 1. The molecule has 0 aliphatic carbocycles. The second-order valence-electron chi connectivity index (χ2n) is 4.98. The molecule has 9 heteroatoms. The van der Waals surface area contributed by atoms with Gasteiger partial charge in [-0.25, -0.2) is 4.79 Å². The number of amides is 2. The van der Waals surface area contributed by atoms with Gasteiger partial charge in [0.15, 0.2) is 0 Å². The van der Waals surface area contributed by atoms with Gasteiger partial charge in [-0.2, -0.15) is 4.37 Å². The van der Waals surface area contributed by atoms with Crippen molar-refractivity contribution in [2.45, 2.75) is 19.1 Å². The minimum absolute atomic E-state index is 0.0345. The highest BCUT2D eigenvalue weighted by molar-refractivity contribution is 6.99. The van der Waals surface area contributed by atoms with Crippen LogP contribution in [0.25, 0.3) is 0 Å². The molecule has 3 N–H and O–H groups in total. The SMILES string of the molecule is NC(=O)NC1CCN(c2nsnc2OCc2ccncc2)C1. The molecule has 1 atom stereocenters. The molecule has 116 valence electrons. The van der Waals surface area contributed by atoms with Crippen molar-refractivity contribution >= 4 is 23.6 Å². The van der Waals surface area contributed by atoms with Crippen molar-refractivity contribution in [3.8, 4) is 5.88 Å². The van der Waals surface area contributed by atoms with Gasteiger partial charge in [0.2, 0.25) is 5.82 Å². The van der Waals surface area contributed by atoms with Crippen molar-refractivity contribution in [3.05, 3.63) is 30.1 Å². The number of nitrogens with zero attached hydrogens (tertiary/aromatic N) is 4. The maximum absolute atomic E-state index is 10.9. The monoisotopic (exact) mass is 320 g/mol. The summed E-state index contributed by atoms with van der Waals surface area (Å²) in [5.41, 5.74) is 6.17. The van der Waals surface area contributed by atoms with Crippen molar-refractivity contribution in [1.82, 2.24) is 19.0 Å². The van der Waals surface area contributed by atoms with Crippen molar-refractivity contribution in [2.24, 2.45) is 5.73 Å². The Labute approximate surface area is 131 Å². The molecule has 1 saturated heterocycles. The first kappa shape index (κ1) is 14.5. The molecule has 1 fully saturated rings. The molecule has 0 bridgehead atoms. The topological polar surface area (TPSA) is 106 Å². The number of primary amides is 1. The van der Waals surface area contributed by atoms with E-state index in [0.29, 0.717) is 24.8 Å². The molecule has 3 rings (SSSR count). The normalized spacial score (nSPS) is 17.5. The van der Waals surface area contributed by atoms with Gasteiger partial charge in [0, 0.05) is 31.5 Å². The second kappa shape index (κ2) is 6.56. The number of carbonyl (C=O) groups is 1. The maximum atomic E-state index is 10.9. The van der Waals surface area contributed by atoms with Crippen LogP contribution in [-0.2, 0) is 6.61 Å². The first-order valence-corrected chi connectivity index (χ1v) is 7.60. The van der Waals surface area contributed by atoms with Gasteiger partial charge in [-0.3, -0.25) is 4.98 Å². The van der Waals surface area contributed by atoms with Crippen molar-refractivity contribution < 1.29 is 9.53 Å². The third-order valence-corrected chi connectivity index (χ3v) is 3.90. The van der Waals surface area contributed by atoms with Crippen LogP contribution in [0, 0.1) is 0 Å². The Balaban J connectivity index is 1.62. The number of aromatic nitrogens is 3. The van der Waals surface area contributed by atoms with Crippen LogP contribution < -0.4 is 20.7 Å². The van der Waals surface area contributed by atoms with Crippen molar-refractivity contribution in [2.75, 3.05) is 18.0 Å². The Kier molecular flexibility index (Phi) is 4.33. The van der Waals surface area contributed by atoms with Crippen LogP contribution in [0.4, 0.5) is 10.6 Å². The van der Waals surface area contributed by atoms with E-state index in [4.69, 9.17) is 10.5 Å². The van der Waals surface area contributed by atoms with E-state index in [1.807, 2.05) is 17.0 Å². The number of anilines is 1. The standard InChI is InChI=1S/C13H16N6O2S/c14-13(20)16-10-3-6-19(7-10)11-12(18-22-17-11)21-8-9-1-4-15-5-2-9/h1-2,4-5,10H,3,6-8H2,(H3,14,16,20). The van der Waals surface area contributed by atoms with E-state index in [0.717, 1.165) is 30.3 Å². The fraction of sp³-hybridized carbons (Fsp3) is 0.385. The van der Waals surface area contributed by atoms with E-state index in [-0.39, 0.29) is 6.04 Å². The average molecular weight is 320 g/mol. The quantitative estimate of drug-likeness (QED) is 0.842. The Hall–Kier alpha value is -2.42. The first-order chi connectivity index (χ1) is 10.7. The molecule has 3 heterocycles. The lowest BCUT2D eigenvalue weighted by Crippen LogP contribution is -2.40. The highest BCUT2D eigenvalue weighted by Crippen LogP contribution is 2.29. The third-order valence-electron chi connectivity index (χ3n) is 3.40. The molecule has 0 saturated carbocycles. The van der Waals surface area contributed by atoms with Crippen LogP contribution in [0.3, 0.4) is 0 Å². The number of rotatable bonds is 5. The number of hydrogen-bond donors (Lipinski definition) is 2. The molecule has 1 aliphatic rings. The van der Waals surface area contributed by atoms with E-state index in [1.165, 1.54) is 0 Å². The molecule has 0 radical (unpaired) electrons. The van der Waals surface area contributed by atoms with Gasteiger partial charge < -0.3 is 20.7 Å². The van der Waals surface area contributed by atoms with Crippen molar-refractivity contribution in [1.29, 1.82) is 0 Å². The molecule has 0 spiro atoms. The lowest BCUT2D eigenvalue weighted by molar-refractivity contribution is 0.246. The fourth-order valence-corrected chi connectivity index (χ4v) is 2.88. The molecule has 0 aromatic carbocycles. The summed E-state index contributed by atoms with van der Waals surface area (Å²) < 4.78 is 14.2. The Morgan fingerprint density at radius 3 is 3.05 bits per heavy atom. The van der Waals surface area contributed by atoms with Crippen LogP contribution >= 0.6 is 11.7 Å². The number of nitrogens with one attached hydrogen (secondary N) is 1. The van der Waals surface area contributed by atoms with Gasteiger partial charge in [0.05, 0.1) is 11.7 Å². The van der Waals surface area contributed by atoms with E-state index in [9.17, 15) is 4.79 Å². The largest absolute Gasteiger partial charge is 0.470 e. The van der Waals surface area contributed by atoms with Gasteiger partial charge in [-0.15, -0.1) is 4.37 Å². The number of pyridine rings is 1. The van der Waals surface area contributed by atoms with Gasteiger partial charge in [-0.1, -0.05) is 0 Å². The zero-order chi connectivity index (χ0) is 15.4. The van der Waals surface area contributed by atoms with Crippen LogP contribution in [0.5, 0.6) is 5.88 Å². The lowest BCUT2D eigenvalue weighted by atomic mass is 10.3. The number of carbonyl (C=O) groups excluding carboxylic acids is 1. The zero-order valence-electron chi connectivity index (χ0n) is 11.8. The predicted molar refractivity (Wildman–Crippen MR) is 81.8 cm³/mol. The summed E-state index contributed by atoms with van der Waals surface area (Å²) in [5, 5.41) is 2.72. The Morgan fingerprint density at radius 2 is 2.27 bits per heavy atom. The summed E-state index contributed by atoms with van der Waals surface area (Å²) in [7, 11) is 0. The third kappa shape index (κ3) is 3.42. The first-order valence-electron chi connectivity index (χ1n) is 6.87. The number of urea groups is 1. The fourth-order valence-electron chi connectivity index (χ4n) is 2.36. The molecule has 1 unspecified atom stereocenters. The van der Waals surface area contributed by atoms with E-state index in [1.54, 1.807) is 12.4 Å². The molecule has 1 aliphatic heterocycles. The summed E-state index contributed by atoms with van der Waals surface area (Å²) >= 11 is 1.11.